The Labute approximate surface area is 71.1 Å². The van der Waals surface area contributed by atoms with Crippen LogP contribution in [0.25, 0.3) is 0 Å². The second kappa shape index (κ2) is 2.96. The Morgan fingerprint density at radius 3 is 2.92 bits per heavy atom. The van der Waals surface area contributed by atoms with Gasteiger partial charge < -0.3 is 19.7 Å². The first-order valence-electron chi connectivity index (χ1n) is 4.30. The number of rotatable bonds is 1. The molecule has 2 aliphatic rings. The van der Waals surface area contributed by atoms with Gasteiger partial charge in [0, 0.05) is 5.92 Å². The van der Waals surface area contributed by atoms with Crippen molar-refractivity contribution in [2.24, 2.45) is 5.92 Å². The monoisotopic (exact) mass is 174 g/mol. The largest absolute Gasteiger partial charge is 0.394 e. The molecule has 4 heteroatoms. The molecule has 0 aromatic carbocycles. The van der Waals surface area contributed by atoms with Crippen molar-refractivity contribution in [3.63, 3.8) is 0 Å². The van der Waals surface area contributed by atoms with Crippen molar-refractivity contribution in [3.05, 3.63) is 0 Å². The lowest BCUT2D eigenvalue weighted by molar-refractivity contribution is -0.152. The van der Waals surface area contributed by atoms with E-state index in [1.165, 1.54) is 0 Å². The first-order chi connectivity index (χ1) is 5.74. The highest BCUT2D eigenvalue weighted by Gasteiger charge is 2.48. The fourth-order valence-corrected chi connectivity index (χ4v) is 2.04. The van der Waals surface area contributed by atoms with Crippen LogP contribution in [0.3, 0.4) is 0 Å². The van der Waals surface area contributed by atoms with Gasteiger partial charge in [0.2, 0.25) is 0 Å². The van der Waals surface area contributed by atoms with Crippen molar-refractivity contribution in [3.8, 4) is 0 Å². The fourth-order valence-electron chi connectivity index (χ4n) is 2.04. The summed E-state index contributed by atoms with van der Waals surface area (Å²) in [6, 6.07) is 0. The van der Waals surface area contributed by atoms with Crippen molar-refractivity contribution >= 4 is 0 Å². The minimum absolute atomic E-state index is 0.0395. The van der Waals surface area contributed by atoms with Crippen LogP contribution in [-0.4, -0.2) is 47.8 Å². The topological polar surface area (TPSA) is 58.9 Å². The number of hydrogen-bond acceptors (Lipinski definition) is 4. The molecule has 0 aromatic heterocycles. The molecule has 2 saturated heterocycles. The molecule has 0 aromatic rings. The van der Waals surface area contributed by atoms with Gasteiger partial charge in [-0.1, -0.05) is 0 Å². The van der Waals surface area contributed by atoms with Crippen molar-refractivity contribution in [2.75, 3.05) is 13.2 Å². The molecule has 0 spiro atoms. The van der Waals surface area contributed by atoms with E-state index >= 15 is 0 Å². The van der Waals surface area contributed by atoms with Crippen LogP contribution in [0.15, 0.2) is 0 Å². The van der Waals surface area contributed by atoms with E-state index in [1.807, 2.05) is 6.92 Å². The predicted octanol–water partition coefficient (Wildman–Crippen LogP) is -0.858. The van der Waals surface area contributed by atoms with Crippen LogP contribution < -0.4 is 0 Å². The minimum Gasteiger partial charge on any atom is -0.394 e. The molecule has 0 radical (unpaired) electrons. The first kappa shape index (κ1) is 8.44. The summed E-state index contributed by atoms with van der Waals surface area (Å²) in [7, 11) is 0. The molecule has 0 aliphatic carbocycles. The second-order valence-corrected chi connectivity index (χ2v) is 3.51. The van der Waals surface area contributed by atoms with Crippen LogP contribution in [0.4, 0.5) is 0 Å². The highest BCUT2D eigenvalue weighted by Crippen LogP contribution is 2.33. The predicted molar refractivity (Wildman–Crippen MR) is 40.7 cm³/mol. The molecule has 5 atom stereocenters. The van der Waals surface area contributed by atoms with E-state index in [0.717, 1.165) is 0 Å². The average Bonchev–Trinajstić information content (AvgIpc) is 2.32. The summed E-state index contributed by atoms with van der Waals surface area (Å²) < 4.78 is 10.8. The number of aliphatic hydroxyl groups is 2. The van der Waals surface area contributed by atoms with Gasteiger partial charge in [0.25, 0.3) is 0 Å². The zero-order valence-corrected chi connectivity index (χ0v) is 7.01. The summed E-state index contributed by atoms with van der Waals surface area (Å²) in [4.78, 5) is 0. The summed E-state index contributed by atoms with van der Waals surface area (Å²) >= 11 is 0. The number of hydrogen-bond donors (Lipinski definition) is 2. The van der Waals surface area contributed by atoms with Crippen molar-refractivity contribution < 1.29 is 19.7 Å². The lowest BCUT2D eigenvalue weighted by Crippen LogP contribution is -2.49. The van der Waals surface area contributed by atoms with Gasteiger partial charge in [0.15, 0.2) is 0 Å². The summed E-state index contributed by atoms with van der Waals surface area (Å²) in [5.74, 6) is -0.0452. The molecule has 4 nitrogen and oxygen atoms in total. The highest BCUT2D eigenvalue weighted by atomic mass is 16.6. The van der Waals surface area contributed by atoms with Gasteiger partial charge in [-0.15, -0.1) is 0 Å². The fraction of sp³-hybridized carbons (Fsp3) is 1.00. The van der Waals surface area contributed by atoms with E-state index in [-0.39, 0.29) is 30.8 Å². The van der Waals surface area contributed by atoms with Gasteiger partial charge in [-0.25, -0.2) is 0 Å². The maximum atomic E-state index is 9.66. The van der Waals surface area contributed by atoms with E-state index in [4.69, 9.17) is 14.6 Å². The van der Waals surface area contributed by atoms with E-state index in [2.05, 4.69) is 0 Å². The van der Waals surface area contributed by atoms with E-state index in [9.17, 15) is 5.11 Å². The molecule has 12 heavy (non-hydrogen) atoms. The van der Waals surface area contributed by atoms with Crippen molar-refractivity contribution in [1.82, 2.24) is 0 Å². The summed E-state index contributed by atoms with van der Waals surface area (Å²) in [5, 5.41) is 18.6. The maximum Gasteiger partial charge on any atom is 0.110 e. The zero-order valence-electron chi connectivity index (χ0n) is 7.01. The van der Waals surface area contributed by atoms with Crippen molar-refractivity contribution in [1.29, 1.82) is 0 Å². The molecule has 0 amide bonds. The van der Waals surface area contributed by atoms with Gasteiger partial charge in [0.1, 0.15) is 6.10 Å². The Morgan fingerprint density at radius 2 is 2.25 bits per heavy atom. The van der Waals surface area contributed by atoms with Gasteiger partial charge in [-0.3, -0.25) is 0 Å². The third kappa shape index (κ3) is 1.07. The molecule has 2 N–H and O–H groups in total. The van der Waals surface area contributed by atoms with Crippen LogP contribution in [0.1, 0.15) is 6.92 Å². The number of ether oxygens (including phenoxy) is 2. The quantitative estimate of drug-likeness (QED) is 0.543. The number of fused-ring (bicyclic) bond motifs is 2. The number of aliphatic hydroxyl groups excluding tert-OH is 2. The summed E-state index contributed by atoms with van der Waals surface area (Å²) in [6.07, 6.45) is -1.03. The van der Waals surface area contributed by atoms with Crippen molar-refractivity contribution in [2.45, 2.75) is 31.3 Å². The molecular weight excluding hydrogens is 160 g/mol. The van der Waals surface area contributed by atoms with Crippen LogP contribution >= 0.6 is 0 Å². The van der Waals surface area contributed by atoms with Gasteiger partial charge in [0.05, 0.1) is 31.5 Å². The third-order valence-electron chi connectivity index (χ3n) is 2.77. The Kier molecular flexibility index (Phi) is 2.08. The Bertz CT molecular complexity index is 172. The molecule has 2 fully saturated rings. The zero-order chi connectivity index (χ0) is 8.72. The SMILES string of the molecule is C[C@@H]1OC(CO)[C@@H]2CO[C@H]1C2O. The summed E-state index contributed by atoms with van der Waals surface area (Å²) in [6.45, 7) is 2.32. The second-order valence-electron chi connectivity index (χ2n) is 3.51. The van der Waals surface area contributed by atoms with Crippen LogP contribution in [0, 0.1) is 5.92 Å². The maximum absolute atomic E-state index is 9.66. The Hall–Kier alpha value is -0.160. The molecular formula is C8H14O4. The highest BCUT2D eigenvalue weighted by molar-refractivity contribution is 4.95. The van der Waals surface area contributed by atoms with Gasteiger partial charge in [-0.2, -0.15) is 0 Å². The van der Waals surface area contributed by atoms with E-state index in [1.54, 1.807) is 0 Å². The minimum atomic E-state index is -0.467. The normalized spacial score (nSPS) is 52.8. The average molecular weight is 174 g/mol. The third-order valence-corrected chi connectivity index (χ3v) is 2.77. The molecule has 2 bridgehead atoms. The molecule has 2 aliphatic heterocycles. The molecule has 0 saturated carbocycles. The lowest BCUT2D eigenvalue weighted by atomic mass is 9.91. The smallest absolute Gasteiger partial charge is 0.110 e. The van der Waals surface area contributed by atoms with Gasteiger partial charge in [-0.05, 0) is 6.92 Å². The standard InChI is InChI=1S/C8H14O4/c1-4-8-7(10)5(3-11-8)6(2-9)12-4/h4-10H,2-3H2,1H3/t4-,5-,6?,7?,8+/m0/s1. The van der Waals surface area contributed by atoms with Gasteiger partial charge >= 0.3 is 0 Å². The molecule has 2 rings (SSSR count). The van der Waals surface area contributed by atoms with E-state index in [0.29, 0.717) is 6.61 Å². The molecule has 2 unspecified atom stereocenters. The Balaban J connectivity index is 2.14. The molecule has 2 heterocycles. The van der Waals surface area contributed by atoms with Crippen LogP contribution in [0.2, 0.25) is 0 Å². The first-order valence-corrected chi connectivity index (χ1v) is 4.30. The van der Waals surface area contributed by atoms with Crippen LogP contribution in [-0.2, 0) is 9.47 Å². The summed E-state index contributed by atoms with van der Waals surface area (Å²) in [5.41, 5.74) is 0. The lowest BCUT2D eigenvalue weighted by Gasteiger charge is -2.34. The van der Waals surface area contributed by atoms with Crippen LogP contribution in [0.5, 0.6) is 0 Å². The van der Waals surface area contributed by atoms with E-state index < -0.39 is 6.10 Å². The molecule has 70 valence electrons. The Morgan fingerprint density at radius 1 is 1.50 bits per heavy atom.